The van der Waals surface area contributed by atoms with Crippen molar-refractivity contribution >= 4 is 17.8 Å². The van der Waals surface area contributed by atoms with Gasteiger partial charge < -0.3 is 14.5 Å². The molecule has 0 aromatic rings. The Morgan fingerprint density at radius 2 is 1.88 bits per heavy atom. The van der Waals surface area contributed by atoms with Gasteiger partial charge in [0.1, 0.15) is 5.84 Å². The normalized spacial score (nSPS) is 33.6. The minimum absolute atomic E-state index is 0.180. The number of carbonyl (C=O) groups excluding carboxylic acids is 2. The zero-order chi connectivity index (χ0) is 18.3. The van der Waals surface area contributed by atoms with Crippen LogP contribution in [-0.2, 0) is 9.53 Å². The third-order valence-corrected chi connectivity index (χ3v) is 4.87. The quantitative estimate of drug-likeness (QED) is 0.790. The van der Waals surface area contributed by atoms with Crippen LogP contribution in [0.25, 0.3) is 0 Å². The minimum Gasteiger partial charge on any atom is -0.373 e. The number of nitrogens with zero attached hydrogens (tertiary/aromatic N) is 4. The second-order valence-corrected chi connectivity index (χ2v) is 7.81. The van der Waals surface area contributed by atoms with Crippen LogP contribution < -0.4 is 5.32 Å². The van der Waals surface area contributed by atoms with E-state index >= 15 is 0 Å². The van der Waals surface area contributed by atoms with E-state index in [-0.39, 0.29) is 24.1 Å². The van der Waals surface area contributed by atoms with Gasteiger partial charge in [-0.2, -0.15) is 0 Å². The molecule has 4 atom stereocenters. The molecule has 8 nitrogen and oxygen atoms in total. The number of hydrogen-bond donors (Lipinski definition) is 1. The summed E-state index contributed by atoms with van der Waals surface area (Å²) >= 11 is 0. The molecule has 0 saturated carbocycles. The van der Waals surface area contributed by atoms with E-state index < -0.39 is 12.2 Å². The van der Waals surface area contributed by atoms with Gasteiger partial charge >= 0.3 is 6.03 Å². The second-order valence-electron chi connectivity index (χ2n) is 7.81. The Morgan fingerprint density at radius 1 is 1.24 bits per heavy atom. The molecule has 0 aliphatic carbocycles. The Balaban J connectivity index is 1.82. The van der Waals surface area contributed by atoms with Crippen molar-refractivity contribution in [3.05, 3.63) is 0 Å². The fourth-order valence-electron chi connectivity index (χ4n) is 3.94. The molecule has 2 fully saturated rings. The number of carbonyl (C=O) groups is 2. The number of fused-ring (bicyclic) bond motifs is 1. The van der Waals surface area contributed by atoms with Crippen LogP contribution in [0.1, 0.15) is 27.7 Å². The number of urea groups is 1. The molecule has 3 heterocycles. The van der Waals surface area contributed by atoms with E-state index in [2.05, 4.69) is 42.8 Å². The van der Waals surface area contributed by atoms with Crippen molar-refractivity contribution < 1.29 is 14.3 Å². The van der Waals surface area contributed by atoms with Gasteiger partial charge in [-0.15, -0.1) is 0 Å². The Morgan fingerprint density at radius 3 is 2.48 bits per heavy atom. The average Bonchev–Trinajstić information content (AvgIpc) is 2.82. The Kier molecular flexibility index (Phi) is 5.02. The molecule has 8 heteroatoms. The number of morpholine rings is 1. The number of nitrogens with one attached hydrogen (secondary N) is 1. The van der Waals surface area contributed by atoms with Crippen LogP contribution in [0, 0.1) is 5.92 Å². The molecule has 0 radical (unpaired) electrons. The summed E-state index contributed by atoms with van der Waals surface area (Å²) in [6, 6.07) is -0.814. The molecule has 0 aromatic heterocycles. The predicted molar refractivity (Wildman–Crippen MR) is 94.3 cm³/mol. The van der Waals surface area contributed by atoms with E-state index in [0.29, 0.717) is 12.5 Å². The first-order valence-electron chi connectivity index (χ1n) is 9.05. The smallest absolute Gasteiger partial charge is 0.325 e. The molecule has 0 bridgehead atoms. The maximum Gasteiger partial charge on any atom is 0.325 e. The topological polar surface area (TPSA) is 77.5 Å². The molecule has 0 spiro atoms. The molecule has 3 aliphatic rings. The molecule has 3 aliphatic heterocycles. The van der Waals surface area contributed by atoms with Crippen molar-refractivity contribution in [2.45, 2.75) is 52.1 Å². The van der Waals surface area contributed by atoms with Gasteiger partial charge in [0.25, 0.3) is 5.91 Å². The van der Waals surface area contributed by atoms with Crippen LogP contribution in [0.3, 0.4) is 0 Å². The Bertz CT molecular complexity index is 569. The minimum atomic E-state index is -0.439. The molecule has 3 amide bonds. The molecule has 3 rings (SSSR count). The average molecular weight is 351 g/mol. The predicted octanol–water partition coefficient (Wildman–Crippen LogP) is 0.342. The Hall–Kier alpha value is -1.67. The molecule has 4 unspecified atom stereocenters. The van der Waals surface area contributed by atoms with Gasteiger partial charge in [-0.25, -0.2) is 9.79 Å². The standard InChI is InChI=1S/C17H29N5O3/c1-10(2)6-22-13(9-21-7-11(3)25-12(4)8-21)18-15-14(22)16(23)19-17(24)20(15)5/h10-12,14-15H,6-9H2,1-5H3,(H,19,23,24). The summed E-state index contributed by atoms with van der Waals surface area (Å²) in [6.45, 7) is 11.5. The summed E-state index contributed by atoms with van der Waals surface area (Å²) in [5.41, 5.74) is 0. The number of likely N-dealkylation sites (N-methyl/N-ethyl adjacent to an activating group) is 1. The summed E-state index contributed by atoms with van der Waals surface area (Å²) < 4.78 is 5.80. The van der Waals surface area contributed by atoms with E-state index in [1.54, 1.807) is 7.05 Å². The number of aliphatic imine (C=N–C) groups is 1. The van der Waals surface area contributed by atoms with Crippen LogP contribution in [0.4, 0.5) is 4.79 Å². The van der Waals surface area contributed by atoms with E-state index in [1.807, 2.05) is 0 Å². The summed E-state index contributed by atoms with van der Waals surface area (Å²) in [5, 5.41) is 2.44. The SMILES string of the molecule is CC(C)CN1C(CN2CC(C)OC(C)C2)=NC2C1C(=O)NC(=O)N2C. The summed E-state index contributed by atoms with van der Waals surface area (Å²) in [6.07, 6.45) is -0.0795. The number of amides is 3. The highest BCUT2D eigenvalue weighted by Crippen LogP contribution is 2.26. The van der Waals surface area contributed by atoms with Gasteiger partial charge in [-0.3, -0.25) is 15.0 Å². The first kappa shape index (κ1) is 18.1. The van der Waals surface area contributed by atoms with E-state index in [1.165, 1.54) is 4.90 Å². The molecule has 2 saturated heterocycles. The van der Waals surface area contributed by atoms with Crippen molar-refractivity contribution in [1.29, 1.82) is 0 Å². The first-order chi connectivity index (χ1) is 11.8. The van der Waals surface area contributed by atoms with Crippen molar-refractivity contribution in [3.8, 4) is 0 Å². The first-order valence-corrected chi connectivity index (χ1v) is 9.05. The van der Waals surface area contributed by atoms with Crippen molar-refractivity contribution in [3.63, 3.8) is 0 Å². The highest BCUT2D eigenvalue weighted by molar-refractivity contribution is 6.04. The third kappa shape index (κ3) is 3.64. The summed E-state index contributed by atoms with van der Waals surface area (Å²) in [4.78, 5) is 35.1. The molecular formula is C17H29N5O3. The van der Waals surface area contributed by atoms with Crippen LogP contribution >= 0.6 is 0 Å². The largest absolute Gasteiger partial charge is 0.373 e. The second kappa shape index (κ2) is 6.92. The Labute approximate surface area is 149 Å². The van der Waals surface area contributed by atoms with Crippen LogP contribution in [0.15, 0.2) is 4.99 Å². The van der Waals surface area contributed by atoms with Gasteiger partial charge in [-0.05, 0) is 19.8 Å². The van der Waals surface area contributed by atoms with Gasteiger partial charge in [0, 0.05) is 26.7 Å². The maximum absolute atomic E-state index is 12.5. The van der Waals surface area contributed by atoms with E-state index in [0.717, 1.165) is 25.5 Å². The third-order valence-electron chi connectivity index (χ3n) is 4.87. The number of hydrogen-bond acceptors (Lipinski definition) is 6. The zero-order valence-corrected chi connectivity index (χ0v) is 15.7. The van der Waals surface area contributed by atoms with E-state index in [9.17, 15) is 9.59 Å². The lowest BCUT2D eigenvalue weighted by molar-refractivity contribution is -0.127. The number of ether oxygens (including phenoxy) is 1. The van der Waals surface area contributed by atoms with Crippen molar-refractivity contribution in [2.75, 3.05) is 33.2 Å². The lowest BCUT2D eigenvalue weighted by atomic mass is 10.1. The fourth-order valence-corrected chi connectivity index (χ4v) is 3.94. The summed E-state index contributed by atoms with van der Waals surface area (Å²) in [7, 11) is 1.69. The lowest BCUT2D eigenvalue weighted by Gasteiger charge is -2.39. The lowest BCUT2D eigenvalue weighted by Crippen LogP contribution is -2.64. The van der Waals surface area contributed by atoms with Crippen molar-refractivity contribution in [1.82, 2.24) is 20.0 Å². The molecule has 0 aromatic carbocycles. The maximum atomic E-state index is 12.5. The van der Waals surface area contributed by atoms with E-state index in [4.69, 9.17) is 9.73 Å². The fraction of sp³-hybridized carbons (Fsp3) is 0.824. The molecular weight excluding hydrogens is 322 g/mol. The van der Waals surface area contributed by atoms with Gasteiger partial charge in [0.15, 0.2) is 12.2 Å². The van der Waals surface area contributed by atoms with Crippen LogP contribution in [0.2, 0.25) is 0 Å². The number of rotatable bonds is 4. The monoisotopic (exact) mass is 351 g/mol. The van der Waals surface area contributed by atoms with Crippen LogP contribution in [0.5, 0.6) is 0 Å². The molecule has 25 heavy (non-hydrogen) atoms. The van der Waals surface area contributed by atoms with Gasteiger partial charge in [0.05, 0.1) is 18.8 Å². The summed E-state index contributed by atoms with van der Waals surface area (Å²) in [5.74, 6) is 1.03. The highest BCUT2D eigenvalue weighted by Gasteiger charge is 2.48. The molecule has 140 valence electrons. The van der Waals surface area contributed by atoms with Gasteiger partial charge in [-0.1, -0.05) is 13.8 Å². The van der Waals surface area contributed by atoms with Gasteiger partial charge in [0.2, 0.25) is 0 Å². The van der Waals surface area contributed by atoms with Crippen LogP contribution in [-0.4, -0.2) is 90.1 Å². The number of imide groups is 1. The molecule has 1 N–H and O–H groups in total. The highest BCUT2D eigenvalue weighted by atomic mass is 16.5. The zero-order valence-electron chi connectivity index (χ0n) is 15.7. The number of amidine groups is 1. The van der Waals surface area contributed by atoms with Crippen molar-refractivity contribution in [2.24, 2.45) is 10.9 Å².